The first-order chi connectivity index (χ1) is 8.68. The first-order valence-electron chi connectivity index (χ1n) is 6.37. The van der Waals surface area contributed by atoms with Gasteiger partial charge in [-0.2, -0.15) is 0 Å². The number of Topliss-reactive ketones (excluding diaryl/α,β-unsaturated/α-hetero) is 1. The second kappa shape index (κ2) is 6.40. The Kier molecular flexibility index (Phi) is 4.85. The molecule has 1 aromatic rings. The number of allylic oxidation sites excluding steroid dienone is 2. The number of hydrogen-bond acceptors (Lipinski definition) is 1. The van der Waals surface area contributed by atoms with Crippen molar-refractivity contribution in [3.8, 4) is 0 Å². The van der Waals surface area contributed by atoms with Crippen molar-refractivity contribution in [3.05, 3.63) is 45.5 Å². The van der Waals surface area contributed by atoms with Gasteiger partial charge < -0.3 is 0 Å². The fourth-order valence-corrected chi connectivity index (χ4v) is 2.62. The molecule has 0 radical (unpaired) electrons. The molecule has 0 amide bonds. The minimum absolute atomic E-state index is 0.0319. The maximum atomic E-state index is 12.4. The number of carbonyl (C=O) groups is 1. The molecule has 3 heteroatoms. The van der Waals surface area contributed by atoms with Gasteiger partial charge in [-0.15, -0.1) is 0 Å². The highest BCUT2D eigenvalue weighted by atomic mass is 35.5. The zero-order valence-corrected chi connectivity index (χ0v) is 11.7. The number of carbonyl (C=O) groups excluding carboxylic acids is 1. The molecule has 0 bridgehead atoms. The SMILES string of the molecule is O=C(/C1=C/CCCCCC1)c1cc(Cl)ccc1Cl. The van der Waals surface area contributed by atoms with E-state index in [-0.39, 0.29) is 5.78 Å². The average molecular weight is 283 g/mol. The summed E-state index contributed by atoms with van der Waals surface area (Å²) in [7, 11) is 0. The van der Waals surface area contributed by atoms with Crippen LogP contribution in [0.3, 0.4) is 0 Å². The lowest BCUT2D eigenvalue weighted by Crippen LogP contribution is -2.06. The molecule has 0 saturated heterocycles. The van der Waals surface area contributed by atoms with Gasteiger partial charge in [0, 0.05) is 10.6 Å². The summed E-state index contributed by atoms with van der Waals surface area (Å²) >= 11 is 12.0. The number of rotatable bonds is 2. The summed E-state index contributed by atoms with van der Waals surface area (Å²) in [6, 6.07) is 5.04. The van der Waals surface area contributed by atoms with Gasteiger partial charge in [0.2, 0.25) is 0 Å². The highest BCUT2D eigenvalue weighted by Gasteiger charge is 2.16. The summed E-state index contributed by atoms with van der Waals surface area (Å²) in [6.07, 6.45) is 8.61. The largest absolute Gasteiger partial charge is 0.289 e. The molecule has 0 aliphatic heterocycles. The Morgan fingerprint density at radius 3 is 2.67 bits per heavy atom. The van der Waals surface area contributed by atoms with E-state index in [2.05, 4.69) is 6.08 Å². The monoisotopic (exact) mass is 282 g/mol. The first kappa shape index (κ1) is 13.6. The Morgan fingerprint density at radius 2 is 1.83 bits per heavy atom. The van der Waals surface area contributed by atoms with Crippen LogP contribution < -0.4 is 0 Å². The zero-order valence-electron chi connectivity index (χ0n) is 10.2. The molecule has 1 aliphatic carbocycles. The Morgan fingerprint density at radius 1 is 1.06 bits per heavy atom. The second-order valence-corrected chi connectivity index (χ2v) is 5.48. The molecule has 96 valence electrons. The van der Waals surface area contributed by atoms with Gasteiger partial charge in [0.1, 0.15) is 0 Å². The number of hydrogen-bond donors (Lipinski definition) is 0. The molecule has 1 nitrogen and oxygen atoms in total. The highest BCUT2D eigenvalue weighted by molar-refractivity contribution is 6.36. The molecule has 2 rings (SSSR count). The molecular weight excluding hydrogens is 267 g/mol. The molecule has 0 aromatic heterocycles. The van der Waals surface area contributed by atoms with Crippen molar-refractivity contribution >= 4 is 29.0 Å². The van der Waals surface area contributed by atoms with Crippen molar-refractivity contribution in [1.82, 2.24) is 0 Å². The molecule has 0 unspecified atom stereocenters. The molecular formula is C15H16Cl2O. The van der Waals surface area contributed by atoms with Crippen LogP contribution >= 0.6 is 23.2 Å². The standard InChI is InChI=1S/C15H16Cl2O/c16-12-8-9-14(17)13(10-12)15(18)11-6-4-2-1-3-5-7-11/h6,8-10H,1-5,7H2/b11-6+. The molecule has 0 atom stereocenters. The maximum absolute atomic E-state index is 12.4. The summed E-state index contributed by atoms with van der Waals surface area (Å²) in [6.45, 7) is 0. The Hall–Kier alpha value is -0.790. The van der Waals surface area contributed by atoms with E-state index >= 15 is 0 Å². The van der Waals surface area contributed by atoms with E-state index in [0.29, 0.717) is 15.6 Å². The number of ketones is 1. The topological polar surface area (TPSA) is 17.1 Å². The van der Waals surface area contributed by atoms with Gasteiger partial charge in [-0.1, -0.05) is 42.1 Å². The van der Waals surface area contributed by atoms with Gasteiger partial charge in [0.15, 0.2) is 5.78 Å². The lowest BCUT2D eigenvalue weighted by Gasteiger charge is -2.11. The maximum Gasteiger partial charge on any atom is 0.190 e. The minimum atomic E-state index is 0.0319. The predicted octanol–water partition coefficient (Wildman–Crippen LogP) is 5.46. The number of halogens is 2. The third kappa shape index (κ3) is 3.37. The van der Waals surface area contributed by atoms with E-state index < -0.39 is 0 Å². The average Bonchev–Trinajstić information content (AvgIpc) is 2.31. The van der Waals surface area contributed by atoms with Gasteiger partial charge in [-0.05, 0) is 49.5 Å². The normalized spacial score (nSPS) is 19.6. The van der Waals surface area contributed by atoms with E-state index in [1.165, 1.54) is 19.3 Å². The molecule has 0 fully saturated rings. The molecule has 0 heterocycles. The third-order valence-electron chi connectivity index (χ3n) is 3.26. The zero-order chi connectivity index (χ0) is 13.0. The summed E-state index contributed by atoms with van der Waals surface area (Å²) in [5.74, 6) is 0.0319. The lowest BCUT2D eigenvalue weighted by molar-refractivity contribution is 0.102. The molecule has 0 N–H and O–H groups in total. The van der Waals surface area contributed by atoms with Crippen molar-refractivity contribution in [2.45, 2.75) is 38.5 Å². The van der Waals surface area contributed by atoms with Crippen LogP contribution in [0.4, 0.5) is 0 Å². The molecule has 1 aliphatic rings. The molecule has 0 saturated carbocycles. The minimum Gasteiger partial charge on any atom is -0.289 e. The van der Waals surface area contributed by atoms with Gasteiger partial charge >= 0.3 is 0 Å². The van der Waals surface area contributed by atoms with Gasteiger partial charge in [-0.3, -0.25) is 4.79 Å². The van der Waals surface area contributed by atoms with Gasteiger partial charge in [-0.25, -0.2) is 0 Å². The van der Waals surface area contributed by atoms with E-state index in [9.17, 15) is 4.79 Å². The number of benzene rings is 1. The van der Waals surface area contributed by atoms with Crippen LogP contribution in [0.15, 0.2) is 29.8 Å². The van der Waals surface area contributed by atoms with Crippen molar-refractivity contribution < 1.29 is 4.79 Å². The van der Waals surface area contributed by atoms with E-state index in [1.54, 1.807) is 18.2 Å². The summed E-state index contributed by atoms with van der Waals surface area (Å²) in [5, 5.41) is 1.03. The van der Waals surface area contributed by atoms with Gasteiger partial charge in [0.05, 0.1) is 5.02 Å². The van der Waals surface area contributed by atoms with Crippen molar-refractivity contribution in [2.24, 2.45) is 0 Å². The van der Waals surface area contributed by atoms with Crippen molar-refractivity contribution in [3.63, 3.8) is 0 Å². The first-order valence-corrected chi connectivity index (χ1v) is 7.13. The smallest absolute Gasteiger partial charge is 0.190 e. The quantitative estimate of drug-likeness (QED) is 0.659. The van der Waals surface area contributed by atoms with E-state index in [4.69, 9.17) is 23.2 Å². The van der Waals surface area contributed by atoms with Crippen LogP contribution in [0, 0.1) is 0 Å². The van der Waals surface area contributed by atoms with Crippen LogP contribution in [0.1, 0.15) is 48.9 Å². The summed E-state index contributed by atoms with van der Waals surface area (Å²) in [5.41, 5.74) is 1.41. The van der Waals surface area contributed by atoms with E-state index in [0.717, 1.165) is 24.8 Å². The fraction of sp³-hybridized carbons (Fsp3) is 0.400. The molecule has 18 heavy (non-hydrogen) atoms. The predicted molar refractivity (Wildman–Crippen MR) is 76.6 cm³/mol. The highest BCUT2D eigenvalue weighted by Crippen LogP contribution is 2.26. The third-order valence-corrected chi connectivity index (χ3v) is 3.82. The molecule has 0 spiro atoms. The second-order valence-electron chi connectivity index (χ2n) is 4.64. The fourth-order valence-electron chi connectivity index (χ4n) is 2.24. The van der Waals surface area contributed by atoms with Crippen molar-refractivity contribution in [1.29, 1.82) is 0 Å². The Bertz CT molecular complexity index is 477. The van der Waals surface area contributed by atoms with E-state index in [1.807, 2.05) is 0 Å². The van der Waals surface area contributed by atoms with Crippen LogP contribution in [0.2, 0.25) is 10.0 Å². The molecule has 1 aromatic carbocycles. The van der Waals surface area contributed by atoms with Gasteiger partial charge in [0.25, 0.3) is 0 Å². The summed E-state index contributed by atoms with van der Waals surface area (Å²) in [4.78, 5) is 12.4. The Balaban J connectivity index is 2.26. The van der Waals surface area contributed by atoms with Crippen LogP contribution in [0.5, 0.6) is 0 Å². The van der Waals surface area contributed by atoms with Crippen molar-refractivity contribution in [2.75, 3.05) is 0 Å². The Labute approximate surface area is 118 Å². The van der Waals surface area contributed by atoms with Crippen LogP contribution in [-0.2, 0) is 0 Å². The summed E-state index contributed by atoms with van der Waals surface area (Å²) < 4.78 is 0. The van der Waals surface area contributed by atoms with Crippen LogP contribution in [-0.4, -0.2) is 5.78 Å². The van der Waals surface area contributed by atoms with Crippen LogP contribution in [0.25, 0.3) is 0 Å². The lowest BCUT2D eigenvalue weighted by atomic mass is 9.94.